The van der Waals surface area contributed by atoms with E-state index >= 15 is 0 Å². The quantitative estimate of drug-likeness (QED) is 0.424. The summed E-state index contributed by atoms with van der Waals surface area (Å²) in [6.45, 7) is 1.78. The maximum atomic E-state index is 12.9. The van der Waals surface area contributed by atoms with E-state index in [-0.39, 0.29) is 17.1 Å². The van der Waals surface area contributed by atoms with E-state index < -0.39 is 0 Å². The molecule has 2 N–H and O–H groups in total. The van der Waals surface area contributed by atoms with Crippen molar-refractivity contribution in [2.24, 2.45) is 0 Å². The van der Waals surface area contributed by atoms with Crippen molar-refractivity contribution in [1.29, 1.82) is 0 Å². The van der Waals surface area contributed by atoms with Gasteiger partial charge < -0.3 is 19.5 Å². The van der Waals surface area contributed by atoms with Crippen molar-refractivity contribution in [3.63, 3.8) is 0 Å². The smallest absolute Gasteiger partial charge is 0.261 e. The van der Waals surface area contributed by atoms with Crippen molar-refractivity contribution >= 4 is 28.9 Å². The highest BCUT2D eigenvalue weighted by molar-refractivity contribution is 7.80. The normalized spacial score (nSPS) is 14.9. The van der Waals surface area contributed by atoms with Gasteiger partial charge in [-0.15, -0.1) is 0 Å². The number of para-hydroxylation sites is 1. The Morgan fingerprint density at radius 1 is 1.00 bits per heavy atom. The molecule has 6 nitrogen and oxygen atoms in total. The summed E-state index contributed by atoms with van der Waals surface area (Å²) < 4.78 is 17.3. The van der Waals surface area contributed by atoms with E-state index in [9.17, 15) is 4.79 Å². The lowest BCUT2D eigenvalue weighted by molar-refractivity contribution is 0.0680. The van der Waals surface area contributed by atoms with E-state index in [1.807, 2.05) is 48.5 Å². The molecular formula is C27H28N2O4S. The van der Waals surface area contributed by atoms with E-state index in [0.29, 0.717) is 30.3 Å². The molecule has 0 saturated carbocycles. The van der Waals surface area contributed by atoms with Crippen LogP contribution in [0.5, 0.6) is 11.5 Å². The first-order chi connectivity index (χ1) is 16.7. The highest BCUT2D eigenvalue weighted by Crippen LogP contribution is 2.21. The van der Waals surface area contributed by atoms with E-state index in [0.717, 1.165) is 31.6 Å². The second-order valence-corrected chi connectivity index (χ2v) is 8.37. The van der Waals surface area contributed by atoms with Crippen LogP contribution in [0.25, 0.3) is 0 Å². The molecule has 3 aromatic rings. The average Bonchev–Trinajstić information content (AvgIpc) is 3.38. The summed E-state index contributed by atoms with van der Waals surface area (Å²) in [7, 11) is 0. The molecule has 3 aromatic carbocycles. The Balaban J connectivity index is 1.29. The van der Waals surface area contributed by atoms with Gasteiger partial charge in [-0.2, -0.15) is 0 Å². The van der Waals surface area contributed by atoms with Crippen molar-refractivity contribution in [3.8, 4) is 11.5 Å². The second-order valence-electron chi connectivity index (χ2n) is 7.96. The second kappa shape index (κ2) is 12.2. The number of thiocarbonyl (C=S) groups is 1. The molecular weight excluding hydrogens is 448 g/mol. The molecule has 1 unspecified atom stereocenters. The first-order valence-electron chi connectivity index (χ1n) is 11.4. The van der Waals surface area contributed by atoms with Gasteiger partial charge in [0.05, 0.1) is 18.3 Å². The van der Waals surface area contributed by atoms with Crippen LogP contribution in [0.4, 0.5) is 5.69 Å². The maximum absolute atomic E-state index is 12.9. The monoisotopic (exact) mass is 476 g/mol. The van der Waals surface area contributed by atoms with Crippen LogP contribution in [-0.2, 0) is 11.2 Å². The van der Waals surface area contributed by atoms with Gasteiger partial charge in [0.1, 0.15) is 18.1 Å². The molecule has 0 bridgehead atoms. The van der Waals surface area contributed by atoms with Crippen LogP contribution in [0.2, 0.25) is 0 Å². The third-order valence-corrected chi connectivity index (χ3v) is 5.61. The zero-order valence-electron chi connectivity index (χ0n) is 18.9. The van der Waals surface area contributed by atoms with Gasteiger partial charge in [0, 0.05) is 24.8 Å². The summed E-state index contributed by atoms with van der Waals surface area (Å²) in [6.07, 6.45) is 2.99. The summed E-state index contributed by atoms with van der Waals surface area (Å²) in [5.74, 6) is 0.897. The van der Waals surface area contributed by atoms with Gasteiger partial charge in [-0.1, -0.05) is 48.5 Å². The number of benzene rings is 3. The minimum atomic E-state index is -0.335. The molecule has 1 aliphatic rings. The Bertz CT molecular complexity index is 1100. The van der Waals surface area contributed by atoms with Crippen molar-refractivity contribution < 1.29 is 19.0 Å². The summed E-state index contributed by atoms with van der Waals surface area (Å²) >= 11 is 5.36. The number of anilines is 1. The summed E-state index contributed by atoms with van der Waals surface area (Å²) in [6, 6.07) is 24.7. The first-order valence-corrected chi connectivity index (χ1v) is 11.8. The molecule has 176 valence electrons. The van der Waals surface area contributed by atoms with Crippen LogP contribution in [0.15, 0.2) is 78.9 Å². The van der Waals surface area contributed by atoms with Gasteiger partial charge >= 0.3 is 0 Å². The zero-order chi connectivity index (χ0) is 23.6. The van der Waals surface area contributed by atoms with E-state index in [2.05, 4.69) is 22.8 Å². The van der Waals surface area contributed by atoms with Gasteiger partial charge in [-0.3, -0.25) is 10.1 Å². The fourth-order valence-corrected chi connectivity index (χ4v) is 3.88. The van der Waals surface area contributed by atoms with Crippen LogP contribution in [0.1, 0.15) is 28.8 Å². The first kappa shape index (κ1) is 23.7. The van der Waals surface area contributed by atoms with Gasteiger partial charge in [0.25, 0.3) is 5.91 Å². The molecule has 0 spiro atoms. The summed E-state index contributed by atoms with van der Waals surface area (Å²) in [5, 5.41) is 5.97. The number of hydrogen-bond acceptors (Lipinski definition) is 5. The molecule has 1 heterocycles. The predicted octanol–water partition coefficient (Wildman–Crippen LogP) is 4.99. The highest BCUT2D eigenvalue weighted by Gasteiger charge is 2.16. The summed E-state index contributed by atoms with van der Waals surface area (Å²) in [4.78, 5) is 12.9. The Labute approximate surface area is 205 Å². The highest BCUT2D eigenvalue weighted by atomic mass is 32.1. The van der Waals surface area contributed by atoms with Gasteiger partial charge in [0.2, 0.25) is 0 Å². The fraction of sp³-hybridized carbons (Fsp3) is 0.259. The summed E-state index contributed by atoms with van der Waals surface area (Å²) in [5.41, 5.74) is 2.33. The molecule has 0 radical (unpaired) electrons. The number of ether oxygens (including phenoxy) is 3. The molecule has 1 aliphatic heterocycles. The third-order valence-electron chi connectivity index (χ3n) is 5.40. The molecule has 0 aliphatic carbocycles. The Hall–Kier alpha value is -3.42. The van der Waals surface area contributed by atoms with Crippen molar-refractivity contribution in [1.82, 2.24) is 5.32 Å². The number of hydrogen-bond donors (Lipinski definition) is 2. The van der Waals surface area contributed by atoms with Crippen molar-refractivity contribution in [2.75, 3.05) is 25.1 Å². The SMILES string of the molecule is O=C(NC(=S)Nc1cccc(OCC2CCCO2)c1)c1ccccc1OCCc1ccccc1. The lowest BCUT2D eigenvalue weighted by atomic mass is 10.1. The standard InChI is InChI=1S/C27H28N2O4S/c30-26(24-13-4-5-14-25(24)32-17-15-20-8-2-1-3-9-20)29-27(34)28-21-10-6-11-22(18-21)33-19-23-12-7-16-31-23/h1-6,8-11,13-14,18,23H,7,12,15-17,19H2,(H2,28,29,30,34). The Kier molecular flexibility index (Phi) is 8.48. The molecule has 1 amide bonds. The van der Waals surface area contributed by atoms with Crippen LogP contribution in [0, 0.1) is 0 Å². The maximum Gasteiger partial charge on any atom is 0.261 e. The van der Waals surface area contributed by atoms with E-state index in [1.165, 1.54) is 5.56 Å². The topological polar surface area (TPSA) is 68.8 Å². The fourth-order valence-electron chi connectivity index (χ4n) is 3.66. The van der Waals surface area contributed by atoms with Crippen molar-refractivity contribution in [2.45, 2.75) is 25.4 Å². The third kappa shape index (κ3) is 7.04. The molecule has 7 heteroatoms. The van der Waals surface area contributed by atoms with Crippen LogP contribution < -0.4 is 20.1 Å². The molecule has 0 aromatic heterocycles. The van der Waals surface area contributed by atoms with Crippen LogP contribution in [0.3, 0.4) is 0 Å². The number of rotatable bonds is 9. The van der Waals surface area contributed by atoms with E-state index in [1.54, 1.807) is 18.2 Å². The molecule has 34 heavy (non-hydrogen) atoms. The molecule has 1 atom stereocenters. The molecule has 1 fully saturated rings. The Morgan fingerprint density at radius 3 is 2.65 bits per heavy atom. The van der Waals surface area contributed by atoms with Crippen LogP contribution in [-0.4, -0.2) is 36.9 Å². The van der Waals surface area contributed by atoms with Crippen molar-refractivity contribution in [3.05, 3.63) is 90.0 Å². The van der Waals surface area contributed by atoms with Gasteiger partial charge in [-0.05, 0) is 54.9 Å². The molecule has 4 rings (SSSR count). The lowest BCUT2D eigenvalue weighted by Gasteiger charge is -2.14. The predicted molar refractivity (Wildman–Crippen MR) is 137 cm³/mol. The minimum Gasteiger partial charge on any atom is -0.492 e. The van der Waals surface area contributed by atoms with Crippen LogP contribution >= 0.6 is 12.2 Å². The molecule has 1 saturated heterocycles. The largest absolute Gasteiger partial charge is 0.492 e. The number of amides is 1. The number of carbonyl (C=O) groups is 1. The minimum absolute atomic E-state index is 0.145. The zero-order valence-corrected chi connectivity index (χ0v) is 19.7. The Morgan fingerprint density at radius 2 is 1.82 bits per heavy atom. The average molecular weight is 477 g/mol. The number of nitrogens with one attached hydrogen (secondary N) is 2. The van der Waals surface area contributed by atoms with Gasteiger partial charge in [-0.25, -0.2) is 0 Å². The van der Waals surface area contributed by atoms with Gasteiger partial charge in [0.15, 0.2) is 5.11 Å². The number of carbonyl (C=O) groups excluding carboxylic acids is 1. The lowest BCUT2D eigenvalue weighted by Crippen LogP contribution is -2.34. The van der Waals surface area contributed by atoms with E-state index in [4.69, 9.17) is 26.4 Å².